The fourth-order valence-corrected chi connectivity index (χ4v) is 13.6. The maximum Gasteiger partial charge on any atom is 0.416 e. The number of nitrogens with zero attached hydrogens (tertiary/aromatic N) is 9. The Labute approximate surface area is 577 Å². The molecule has 4 fully saturated rings. The second-order valence-corrected chi connectivity index (χ2v) is 28.1. The molecule has 0 spiro atoms. The lowest BCUT2D eigenvalue weighted by Gasteiger charge is -2.39. The Morgan fingerprint density at radius 3 is 1.86 bits per heavy atom. The van der Waals surface area contributed by atoms with Crippen molar-refractivity contribution in [3.8, 4) is 0 Å². The molecule has 3 heterocycles. The Morgan fingerprint density at radius 2 is 1.24 bits per heavy atom. The van der Waals surface area contributed by atoms with Gasteiger partial charge in [-0.15, -0.1) is 0 Å². The van der Waals surface area contributed by atoms with E-state index in [9.17, 15) is 65.9 Å². The highest BCUT2D eigenvalue weighted by Gasteiger charge is 2.44. The number of aryl methyl sites for hydroxylation is 2. The molecule has 1 aromatic carbocycles. The molecule has 1 aliphatic carbocycles. The van der Waals surface area contributed by atoms with Crippen molar-refractivity contribution in [3.63, 3.8) is 0 Å². The molecule has 1 saturated carbocycles. The van der Waals surface area contributed by atoms with Crippen LogP contribution in [0.4, 0.5) is 13.2 Å². The van der Waals surface area contributed by atoms with Gasteiger partial charge in [0, 0.05) is 81.9 Å². The Balaban J connectivity index is 1.52. The summed E-state index contributed by atoms with van der Waals surface area (Å²) < 4.78 is 47.0. The van der Waals surface area contributed by atoms with Gasteiger partial charge >= 0.3 is 6.18 Å². The minimum absolute atomic E-state index is 0.0342. The number of likely N-dealkylation sites (N-methyl/N-ethyl adjacent to an activating group) is 7. The third kappa shape index (κ3) is 22.3. The number of fused-ring (bicyclic) bond motifs is 1. The van der Waals surface area contributed by atoms with Gasteiger partial charge in [0.1, 0.15) is 42.3 Å². The summed E-state index contributed by atoms with van der Waals surface area (Å²) in [7, 11) is 9.94. The Morgan fingerprint density at radius 1 is 0.622 bits per heavy atom. The average Bonchev–Trinajstić information content (AvgIpc) is 0.928. The van der Waals surface area contributed by atoms with E-state index < -0.39 is 163 Å². The molecule has 0 radical (unpaired) electrons. The molecule has 3 saturated heterocycles. The predicted octanol–water partition coefficient (Wildman–Crippen LogP) is 4.25. The van der Waals surface area contributed by atoms with E-state index in [2.05, 4.69) is 16.0 Å². The Bertz CT molecular complexity index is 2960. The van der Waals surface area contributed by atoms with E-state index in [1.54, 1.807) is 13.8 Å². The summed E-state index contributed by atoms with van der Waals surface area (Å²) in [6.07, 6.45) is 1.59. The lowest BCUT2D eigenvalue weighted by atomic mass is 9.84. The van der Waals surface area contributed by atoms with Crippen molar-refractivity contribution in [3.05, 3.63) is 34.9 Å². The monoisotopic (exact) mass is 1380 g/mol. The molecule has 3 N–H and O–H groups in total. The summed E-state index contributed by atoms with van der Waals surface area (Å²) in [5.41, 5.74) is -0.413. The van der Waals surface area contributed by atoms with Crippen LogP contribution in [-0.2, 0) is 74.9 Å². The van der Waals surface area contributed by atoms with Gasteiger partial charge in [0.15, 0.2) is 0 Å². The van der Waals surface area contributed by atoms with Crippen LogP contribution in [0.25, 0.3) is 0 Å². The highest BCUT2D eigenvalue weighted by atomic mass is 19.4. The molecule has 98 heavy (non-hydrogen) atoms. The van der Waals surface area contributed by atoms with E-state index in [1.165, 1.54) is 97.8 Å². The zero-order chi connectivity index (χ0) is 73.0. The summed E-state index contributed by atoms with van der Waals surface area (Å²) in [5.74, 6) is -8.33. The van der Waals surface area contributed by atoms with Crippen LogP contribution in [0.2, 0.25) is 0 Å². The molecule has 1 aromatic rings. The lowest BCUT2D eigenvalue weighted by molar-refractivity contribution is -0.155. The third-order valence-electron chi connectivity index (χ3n) is 20.3. The summed E-state index contributed by atoms with van der Waals surface area (Å²) in [6, 6.07) is -4.65. The van der Waals surface area contributed by atoms with E-state index in [4.69, 9.17) is 4.74 Å². The highest BCUT2D eigenvalue weighted by Crippen LogP contribution is 2.33. The summed E-state index contributed by atoms with van der Waals surface area (Å²) in [4.78, 5) is 186. The number of alkyl halides is 3. The van der Waals surface area contributed by atoms with Crippen LogP contribution in [-0.4, -0.2) is 266 Å². The molecule has 0 aromatic heterocycles. The van der Waals surface area contributed by atoms with E-state index in [-0.39, 0.29) is 102 Å². The van der Waals surface area contributed by atoms with Gasteiger partial charge < -0.3 is 64.8 Å². The molecule has 0 bridgehead atoms. The van der Waals surface area contributed by atoms with Gasteiger partial charge in [-0.05, 0) is 99.2 Å². The fraction of sp³-hybridized carbons (Fsp3) is 0.743. The van der Waals surface area contributed by atoms with Gasteiger partial charge in [-0.1, -0.05) is 98.6 Å². The zero-order valence-electron chi connectivity index (χ0n) is 60.4. The number of carbonyl (C=O) groups excluding carboxylic acids is 12. The summed E-state index contributed by atoms with van der Waals surface area (Å²) in [6.45, 7) is 11.7. The molecular formula is C70H111F3N12O13. The van der Waals surface area contributed by atoms with Gasteiger partial charge in [-0.2, -0.15) is 13.2 Å². The van der Waals surface area contributed by atoms with E-state index in [1.807, 2.05) is 27.7 Å². The van der Waals surface area contributed by atoms with Gasteiger partial charge in [-0.3, -0.25) is 57.5 Å². The highest BCUT2D eigenvalue weighted by molar-refractivity contribution is 5.98. The second-order valence-electron chi connectivity index (χ2n) is 28.1. The number of benzene rings is 1. The van der Waals surface area contributed by atoms with Crippen molar-refractivity contribution in [2.45, 2.75) is 206 Å². The SMILES string of the molecule is CC[C@H](C)[C@@H]1NC(=O)[C@H](CC(C)C)N(C)C(=O)C[C@@H](C(=O)N2CCOCC2)N(C)C(=O)[C@H]([C@@H](C)CC)N(C)C(=O)CCCCNC(=O)[C@@H]2CCCN2C(=O)[C@H](CCc2ccc(C(F)(F)F)c(C)c2)NC(=O)CN(C)C(=O)[C@H](CC2CCCCC2)N(C)C(=O)CN(C)C(=O)CN(C)C1=O. The largest absolute Gasteiger partial charge is 0.416 e. The smallest absolute Gasteiger partial charge is 0.378 e. The molecule has 0 unspecified atom stereocenters. The minimum atomic E-state index is -4.61. The number of amides is 12. The van der Waals surface area contributed by atoms with Gasteiger partial charge in [0.2, 0.25) is 70.9 Å². The maximum absolute atomic E-state index is 15.0. The third-order valence-corrected chi connectivity index (χ3v) is 20.3. The fourth-order valence-electron chi connectivity index (χ4n) is 13.6. The van der Waals surface area contributed by atoms with Crippen LogP contribution >= 0.6 is 0 Å². The normalized spacial score (nSPS) is 25.6. The van der Waals surface area contributed by atoms with Gasteiger partial charge in [-0.25, -0.2) is 0 Å². The van der Waals surface area contributed by atoms with Crippen molar-refractivity contribution in [1.29, 1.82) is 0 Å². The van der Waals surface area contributed by atoms with Crippen molar-refractivity contribution in [2.75, 3.05) is 108 Å². The van der Waals surface area contributed by atoms with Crippen LogP contribution in [0, 0.1) is 30.6 Å². The lowest BCUT2D eigenvalue weighted by Crippen LogP contribution is -2.60. The molecule has 12 amide bonds. The van der Waals surface area contributed by atoms with E-state index >= 15 is 4.79 Å². The van der Waals surface area contributed by atoms with Crippen LogP contribution < -0.4 is 16.0 Å². The molecular weight excluding hydrogens is 1270 g/mol. The zero-order valence-corrected chi connectivity index (χ0v) is 60.4. The topological polar surface area (TPSA) is 279 Å². The van der Waals surface area contributed by atoms with Crippen LogP contribution in [0.1, 0.15) is 161 Å². The molecule has 25 nitrogen and oxygen atoms in total. The van der Waals surface area contributed by atoms with Crippen LogP contribution in [0.3, 0.4) is 0 Å². The van der Waals surface area contributed by atoms with Gasteiger partial charge in [0.25, 0.3) is 0 Å². The first kappa shape index (κ1) is 81.3. The molecule has 28 heteroatoms. The van der Waals surface area contributed by atoms with Crippen molar-refractivity contribution >= 4 is 70.9 Å². The standard InChI is InChI=1S/C70H111F3N12O13/c1-15-45(5)61-68(96)79(10)42-59(89)77(8)43-60(90)81(12)54(39-48-23-18-17-19-24-48)66(94)78(9)41-56(86)75-51(30-28-49-27-29-50(47(7)38-49)70(71,72)73)65(93)85-32-22-25-52(85)63(91)74-31-21-20-26-57(87)83(14)62(46(6)16-2)69(97)82(13)55(67(95)84-33-35-98-36-34-84)40-58(88)80(11)53(37-44(3)4)64(92)76-61/h27,29,38,44-46,48,51-55,61-62H,15-26,28,30-37,39-43H2,1-14H3,(H,74,91)(H,75,86)(H,76,92)/t45-,46-,51-,52-,53-,54-,55-,61-,62-/m0/s1. The second kappa shape index (κ2) is 37.7. The number of hydrogen-bond donors (Lipinski definition) is 3. The first-order valence-electron chi connectivity index (χ1n) is 35.1. The number of hydrogen-bond acceptors (Lipinski definition) is 13. The average molecular weight is 1390 g/mol. The van der Waals surface area contributed by atoms with Crippen LogP contribution in [0.5, 0.6) is 0 Å². The van der Waals surface area contributed by atoms with Gasteiger partial charge in [0.05, 0.1) is 44.8 Å². The molecule has 550 valence electrons. The van der Waals surface area contributed by atoms with Crippen LogP contribution in [0.15, 0.2) is 18.2 Å². The molecule has 3 aliphatic heterocycles. The van der Waals surface area contributed by atoms with Crippen molar-refractivity contribution in [2.24, 2.45) is 23.7 Å². The molecule has 9 atom stereocenters. The molecule has 4 aliphatic rings. The van der Waals surface area contributed by atoms with Crippen molar-refractivity contribution in [1.82, 2.24) is 60.0 Å². The summed E-state index contributed by atoms with van der Waals surface area (Å²) >= 11 is 0. The quantitative estimate of drug-likeness (QED) is 0.264. The number of nitrogens with one attached hydrogen (secondary N) is 3. The number of rotatable bonds is 12. The van der Waals surface area contributed by atoms with E-state index in [0.29, 0.717) is 31.2 Å². The van der Waals surface area contributed by atoms with Crippen molar-refractivity contribution < 1.29 is 75.4 Å². The number of ether oxygens (including phenoxy) is 1. The first-order chi connectivity index (χ1) is 46.1. The maximum atomic E-state index is 15.0. The Kier molecular flexibility index (Phi) is 31.3. The number of carbonyl (C=O) groups is 12. The first-order valence-corrected chi connectivity index (χ1v) is 35.1. The minimum Gasteiger partial charge on any atom is -0.378 e. The summed E-state index contributed by atoms with van der Waals surface area (Å²) in [5, 5.41) is 8.54. The number of morpholine rings is 1. The number of halogens is 3. The molecule has 5 rings (SSSR count). The van der Waals surface area contributed by atoms with E-state index in [0.717, 1.165) is 52.9 Å². The Hall–Kier alpha value is -7.39. The predicted molar refractivity (Wildman–Crippen MR) is 361 cm³/mol.